The van der Waals surface area contributed by atoms with Crippen LogP contribution in [0.15, 0.2) is 42.5 Å². The summed E-state index contributed by atoms with van der Waals surface area (Å²) in [4.78, 5) is 14.4. The van der Waals surface area contributed by atoms with Gasteiger partial charge in [0.15, 0.2) is 0 Å². The number of hydrogen-bond donors (Lipinski definition) is 1. The number of nitrogens with one attached hydrogen (secondary N) is 1. The Labute approximate surface area is 138 Å². The van der Waals surface area contributed by atoms with Crippen LogP contribution in [0.3, 0.4) is 0 Å². The molecule has 0 aliphatic heterocycles. The summed E-state index contributed by atoms with van der Waals surface area (Å²) in [6.07, 6.45) is 4.87. The SMILES string of the molecule is C[C@@H]1CCCC[C@H]1NC(=O)CN(C)c1ccc2ccccc2c1. The minimum atomic E-state index is 0.124. The summed E-state index contributed by atoms with van der Waals surface area (Å²) in [6.45, 7) is 2.65. The third kappa shape index (κ3) is 3.84. The molecule has 3 rings (SSSR count). The summed E-state index contributed by atoms with van der Waals surface area (Å²) in [6, 6.07) is 15.0. The van der Waals surface area contributed by atoms with E-state index in [0.717, 1.165) is 12.1 Å². The molecule has 2 aromatic rings. The molecule has 0 heterocycles. The van der Waals surface area contributed by atoms with Gasteiger partial charge in [0, 0.05) is 18.8 Å². The van der Waals surface area contributed by atoms with Crippen LogP contribution >= 0.6 is 0 Å². The molecule has 0 unspecified atom stereocenters. The first-order valence-electron chi connectivity index (χ1n) is 8.63. The number of carbonyl (C=O) groups is 1. The molecule has 0 radical (unpaired) electrons. The minimum absolute atomic E-state index is 0.124. The minimum Gasteiger partial charge on any atom is -0.365 e. The molecule has 0 saturated heterocycles. The average Bonchev–Trinajstić information content (AvgIpc) is 2.56. The molecule has 0 aromatic heterocycles. The predicted octanol–water partition coefficient (Wildman–Crippen LogP) is 3.97. The number of carbonyl (C=O) groups excluding carboxylic acids is 1. The van der Waals surface area contributed by atoms with E-state index in [-0.39, 0.29) is 5.91 Å². The van der Waals surface area contributed by atoms with Crippen LogP contribution in [0.5, 0.6) is 0 Å². The van der Waals surface area contributed by atoms with Crippen LogP contribution in [0.25, 0.3) is 10.8 Å². The number of nitrogens with zero attached hydrogens (tertiary/aromatic N) is 1. The van der Waals surface area contributed by atoms with Crippen LogP contribution in [-0.4, -0.2) is 25.5 Å². The molecule has 3 heteroatoms. The maximum absolute atomic E-state index is 12.4. The zero-order valence-electron chi connectivity index (χ0n) is 14.1. The molecule has 1 aliphatic rings. The van der Waals surface area contributed by atoms with Crippen LogP contribution < -0.4 is 10.2 Å². The van der Waals surface area contributed by atoms with Crippen molar-refractivity contribution in [1.82, 2.24) is 5.32 Å². The van der Waals surface area contributed by atoms with E-state index in [0.29, 0.717) is 18.5 Å². The first-order valence-corrected chi connectivity index (χ1v) is 8.63. The Morgan fingerprint density at radius 2 is 1.87 bits per heavy atom. The molecule has 1 N–H and O–H groups in total. The van der Waals surface area contributed by atoms with Crippen molar-refractivity contribution in [2.75, 3.05) is 18.5 Å². The van der Waals surface area contributed by atoms with Gasteiger partial charge in [-0.1, -0.05) is 50.1 Å². The van der Waals surface area contributed by atoms with Crippen LogP contribution in [0.2, 0.25) is 0 Å². The third-order valence-corrected chi connectivity index (χ3v) is 5.01. The molecule has 1 aliphatic carbocycles. The van der Waals surface area contributed by atoms with E-state index in [2.05, 4.69) is 42.6 Å². The predicted molar refractivity (Wildman–Crippen MR) is 96.8 cm³/mol. The average molecular weight is 310 g/mol. The van der Waals surface area contributed by atoms with Crippen LogP contribution in [0.1, 0.15) is 32.6 Å². The fourth-order valence-corrected chi connectivity index (χ4v) is 3.50. The Kier molecular flexibility index (Phi) is 4.85. The van der Waals surface area contributed by atoms with E-state index in [1.54, 1.807) is 0 Å². The van der Waals surface area contributed by atoms with Crippen molar-refractivity contribution in [2.45, 2.75) is 38.6 Å². The quantitative estimate of drug-likeness (QED) is 0.926. The van der Waals surface area contributed by atoms with E-state index in [1.807, 2.05) is 24.1 Å². The van der Waals surface area contributed by atoms with Crippen molar-refractivity contribution in [3.63, 3.8) is 0 Å². The summed E-state index contributed by atoms with van der Waals surface area (Å²) in [5.74, 6) is 0.720. The summed E-state index contributed by atoms with van der Waals surface area (Å²) < 4.78 is 0. The Bertz CT molecular complexity index is 682. The highest BCUT2D eigenvalue weighted by Crippen LogP contribution is 2.24. The largest absolute Gasteiger partial charge is 0.365 e. The second kappa shape index (κ2) is 7.03. The summed E-state index contributed by atoms with van der Waals surface area (Å²) in [5.41, 5.74) is 1.08. The topological polar surface area (TPSA) is 32.3 Å². The monoisotopic (exact) mass is 310 g/mol. The second-order valence-corrected chi connectivity index (χ2v) is 6.82. The smallest absolute Gasteiger partial charge is 0.239 e. The lowest BCUT2D eigenvalue weighted by atomic mass is 9.86. The second-order valence-electron chi connectivity index (χ2n) is 6.82. The van der Waals surface area contributed by atoms with Gasteiger partial charge >= 0.3 is 0 Å². The van der Waals surface area contributed by atoms with E-state index >= 15 is 0 Å². The van der Waals surface area contributed by atoms with Crippen molar-refractivity contribution in [3.8, 4) is 0 Å². The molecule has 3 nitrogen and oxygen atoms in total. The lowest BCUT2D eigenvalue weighted by Gasteiger charge is -2.30. The fraction of sp³-hybridized carbons (Fsp3) is 0.450. The molecular weight excluding hydrogens is 284 g/mol. The van der Waals surface area contributed by atoms with Crippen LogP contribution in [-0.2, 0) is 4.79 Å². The molecule has 0 spiro atoms. The fourth-order valence-electron chi connectivity index (χ4n) is 3.50. The Morgan fingerprint density at radius 1 is 1.13 bits per heavy atom. The highest BCUT2D eigenvalue weighted by Gasteiger charge is 2.23. The van der Waals surface area contributed by atoms with Crippen molar-refractivity contribution < 1.29 is 4.79 Å². The van der Waals surface area contributed by atoms with Gasteiger partial charge in [0.05, 0.1) is 6.54 Å². The van der Waals surface area contributed by atoms with Gasteiger partial charge in [-0.25, -0.2) is 0 Å². The molecule has 1 fully saturated rings. The number of likely N-dealkylation sites (N-methyl/N-ethyl adjacent to an activating group) is 1. The number of amides is 1. The lowest BCUT2D eigenvalue weighted by molar-refractivity contribution is -0.121. The van der Waals surface area contributed by atoms with Gasteiger partial charge in [-0.05, 0) is 41.7 Å². The van der Waals surface area contributed by atoms with E-state index in [9.17, 15) is 4.79 Å². The number of hydrogen-bond acceptors (Lipinski definition) is 2. The summed E-state index contributed by atoms with van der Waals surface area (Å²) >= 11 is 0. The van der Waals surface area contributed by atoms with Crippen molar-refractivity contribution in [2.24, 2.45) is 5.92 Å². The summed E-state index contributed by atoms with van der Waals surface area (Å²) in [5, 5.41) is 5.66. The van der Waals surface area contributed by atoms with Crippen molar-refractivity contribution in [1.29, 1.82) is 0 Å². The van der Waals surface area contributed by atoms with Crippen molar-refractivity contribution in [3.05, 3.63) is 42.5 Å². The van der Waals surface area contributed by atoms with E-state index in [1.165, 1.54) is 30.0 Å². The van der Waals surface area contributed by atoms with Gasteiger partial charge in [-0.2, -0.15) is 0 Å². The molecule has 2 aromatic carbocycles. The normalized spacial score (nSPS) is 21.1. The molecule has 1 amide bonds. The Hall–Kier alpha value is -2.03. The van der Waals surface area contributed by atoms with Gasteiger partial charge in [-0.15, -0.1) is 0 Å². The Balaban J connectivity index is 1.62. The van der Waals surface area contributed by atoms with Crippen LogP contribution in [0, 0.1) is 5.92 Å². The van der Waals surface area contributed by atoms with Crippen molar-refractivity contribution >= 4 is 22.4 Å². The summed E-state index contributed by atoms with van der Waals surface area (Å²) in [7, 11) is 1.98. The number of anilines is 1. The zero-order chi connectivity index (χ0) is 16.2. The van der Waals surface area contributed by atoms with Gasteiger partial charge in [-0.3, -0.25) is 4.79 Å². The molecule has 23 heavy (non-hydrogen) atoms. The highest BCUT2D eigenvalue weighted by molar-refractivity contribution is 5.87. The molecule has 1 saturated carbocycles. The maximum atomic E-state index is 12.4. The maximum Gasteiger partial charge on any atom is 0.239 e. The van der Waals surface area contributed by atoms with Gasteiger partial charge in [0.2, 0.25) is 5.91 Å². The first-order chi connectivity index (χ1) is 11.1. The standard InChI is InChI=1S/C20H26N2O/c1-15-7-3-6-10-19(15)21-20(23)14-22(2)18-12-11-16-8-4-5-9-17(16)13-18/h4-5,8-9,11-13,15,19H,3,6-7,10,14H2,1-2H3,(H,21,23)/t15-,19-/m1/s1. The van der Waals surface area contributed by atoms with Gasteiger partial charge in [0.1, 0.15) is 0 Å². The van der Waals surface area contributed by atoms with Gasteiger partial charge < -0.3 is 10.2 Å². The third-order valence-electron chi connectivity index (χ3n) is 5.01. The van der Waals surface area contributed by atoms with Gasteiger partial charge in [0.25, 0.3) is 0 Å². The highest BCUT2D eigenvalue weighted by atomic mass is 16.2. The molecule has 0 bridgehead atoms. The molecule has 2 atom stereocenters. The first kappa shape index (κ1) is 15.9. The zero-order valence-corrected chi connectivity index (χ0v) is 14.1. The number of rotatable bonds is 4. The number of benzene rings is 2. The van der Waals surface area contributed by atoms with Crippen LogP contribution in [0.4, 0.5) is 5.69 Å². The van der Waals surface area contributed by atoms with E-state index < -0.39 is 0 Å². The molecule has 122 valence electrons. The Morgan fingerprint density at radius 3 is 2.65 bits per heavy atom. The number of fused-ring (bicyclic) bond motifs is 1. The molecular formula is C20H26N2O. The lowest BCUT2D eigenvalue weighted by Crippen LogP contribution is -2.45. The van der Waals surface area contributed by atoms with E-state index in [4.69, 9.17) is 0 Å².